The van der Waals surface area contributed by atoms with Crippen molar-refractivity contribution in [1.82, 2.24) is 16.0 Å². The molecule has 10 nitrogen and oxygen atoms in total. The summed E-state index contributed by atoms with van der Waals surface area (Å²) in [4.78, 5) is 45.8. The minimum Gasteiger partial charge on any atom is -0.481 e. The van der Waals surface area contributed by atoms with Crippen molar-refractivity contribution in [2.45, 2.75) is 43.8 Å². The first-order chi connectivity index (χ1) is 10.8. The van der Waals surface area contributed by atoms with Gasteiger partial charge in [0, 0.05) is 13.0 Å². The molecule has 1 aliphatic rings. The summed E-state index contributed by atoms with van der Waals surface area (Å²) in [5.74, 6) is -3.60. The van der Waals surface area contributed by atoms with Crippen LogP contribution in [0.4, 0.5) is 0 Å². The van der Waals surface area contributed by atoms with Crippen LogP contribution in [0, 0.1) is 0 Å². The normalized spacial score (nSPS) is 19.6. The number of nitrogens with one attached hydrogen (secondary N) is 3. The molecule has 0 aromatic rings. The van der Waals surface area contributed by atoms with Gasteiger partial charge >= 0.3 is 11.9 Å². The summed E-state index contributed by atoms with van der Waals surface area (Å²) < 4.78 is 0. The van der Waals surface area contributed by atoms with E-state index in [1.165, 1.54) is 0 Å². The Balaban J connectivity index is 2.69. The van der Waals surface area contributed by atoms with E-state index in [0.717, 1.165) is 6.42 Å². The molecule has 1 rings (SSSR count). The molecule has 0 spiro atoms. The molecular weight excluding hydrogens is 308 g/mol. The number of carbonyl (C=O) groups excluding carboxylic acids is 2. The van der Waals surface area contributed by atoms with Crippen LogP contribution < -0.4 is 21.7 Å². The molecule has 1 aliphatic heterocycles. The predicted octanol–water partition coefficient (Wildman–Crippen LogP) is -2.38. The SMILES string of the molecule is NC[C@H](NC(=O)[C@H](CCC(=O)O)NC(=O)[C@@H]1CCCN1)C(=O)O. The average Bonchev–Trinajstić information content (AvgIpc) is 3.02. The van der Waals surface area contributed by atoms with Gasteiger partial charge in [0.25, 0.3) is 0 Å². The molecule has 0 radical (unpaired) electrons. The zero-order valence-electron chi connectivity index (χ0n) is 12.6. The van der Waals surface area contributed by atoms with E-state index in [0.29, 0.717) is 13.0 Å². The van der Waals surface area contributed by atoms with Gasteiger partial charge in [-0.25, -0.2) is 4.79 Å². The van der Waals surface area contributed by atoms with Crippen molar-refractivity contribution >= 4 is 23.8 Å². The molecule has 1 heterocycles. The molecule has 10 heteroatoms. The molecule has 0 aromatic carbocycles. The van der Waals surface area contributed by atoms with Crippen LogP contribution in [0.2, 0.25) is 0 Å². The molecular formula is C13H22N4O6. The molecule has 7 N–H and O–H groups in total. The molecule has 0 saturated carbocycles. The molecule has 23 heavy (non-hydrogen) atoms. The molecule has 0 aromatic heterocycles. The Kier molecular flexibility index (Phi) is 7.42. The van der Waals surface area contributed by atoms with Gasteiger partial charge < -0.3 is 31.9 Å². The van der Waals surface area contributed by atoms with Gasteiger partial charge in [0.2, 0.25) is 11.8 Å². The lowest BCUT2D eigenvalue weighted by molar-refractivity contribution is -0.142. The van der Waals surface area contributed by atoms with Crippen LogP contribution in [0.5, 0.6) is 0 Å². The smallest absolute Gasteiger partial charge is 0.327 e. The van der Waals surface area contributed by atoms with Gasteiger partial charge in [0.15, 0.2) is 0 Å². The van der Waals surface area contributed by atoms with Crippen molar-refractivity contribution in [2.75, 3.05) is 13.1 Å². The summed E-state index contributed by atoms with van der Waals surface area (Å²) >= 11 is 0. The van der Waals surface area contributed by atoms with E-state index in [2.05, 4.69) is 16.0 Å². The quantitative estimate of drug-likeness (QED) is 0.272. The molecule has 0 aliphatic carbocycles. The van der Waals surface area contributed by atoms with Crippen LogP contribution >= 0.6 is 0 Å². The van der Waals surface area contributed by atoms with E-state index in [1.54, 1.807) is 0 Å². The van der Waals surface area contributed by atoms with Crippen molar-refractivity contribution in [3.63, 3.8) is 0 Å². The summed E-state index contributed by atoms with van der Waals surface area (Å²) in [6, 6.07) is -2.86. The third-order valence-corrected chi connectivity index (χ3v) is 3.51. The Morgan fingerprint density at radius 1 is 1.17 bits per heavy atom. The van der Waals surface area contributed by atoms with Gasteiger partial charge in [-0.2, -0.15) is 0 Å². The number of hydrogen-bond donors (Lipinski definition) is 6. The maximum Gasteiger partial charge on any atom is 0.327 e. The first-order valence-electron chi connectivity index (χ1n) is 7.34. The van der Waals surface area contributed by atoms with Gasteiger partial charge in [-0.05, 0) is 25.8 Å². The van der Waals surface area contributed by atoms with E-state index >= 15 is 0 Å². The van der Waals surface area contributed by atoms with Gasteiger partial charge in [-0.3, -0.25) is 14.4 Å². The van der Waals surface area contributed by atoms with Gasteiger partial charge in [-0.15, -0.1) is 0 Å². The highest BCUT2D eigenvalue weighted by molar-refractivity contribution is 5.92. The zero-order chi connectivity index (χ0) is 17.4. The van der Waals surface area contributed by atoms with Crippen molar-refractivity contribution < 1.29 is 29.4 Å². The van der Waals surface area contributed by atoms with Crippen LogP contribution in [0.1, 0.15) is 25.7 Å². The lowest BCUT2D eigenvalue weighted by Gasteiger charge is -2.22. The lowest BCUT2D eigenvalue weighted by Crippen LogP contribution is -2.55. The van der Waals surface area contributed by atoms with E-state index < -0.39 is 41.9 Å². The first kappa shape index (κ1) is 18.8. The minimum absolute atomic E-state index is 0.142. The van der Waals surface area contributed by atoms with Gasteiger partial charge in [0.1, 0.15) is 12.1 Å². The Morgan fingerprint density at radius 2 is 1.87 bits per heavy atom. The van der Waals surface area contributed by atoms with E-state index in [4.69, 9.17) is 15.9 Å². The van der Waals surface area contributed by atoms with E-state index in [1.807, 2.05) is 0 Å². The molecule has 1 fully saturated rings. The fourth-order valence-electron chi connectivity index (χ4n) is 2.21. The first-order valence-corrected chi connectivity index (χ1v) is 7.34. The number of carbonyl (C=O) groups is 4. The van der Waals surface area contributed by atoms with Crippen LogP contribution in [0.3, 0.4) is 0 Å². The Bertz CT molecular complexity index is 463. The summed E-state index contributed by atoms with van der Waals surface area (Å²) in [6.45, 7) is 0.378. The zero-order valence-corrected chi connectivity index (χ0v) is 12.6. The summed E-state index contributed by atoms with van der Waals surface area (Å²) in [6.07, 6.45) is 0.978. The standard InChI is InChI=1S/C13H22N4O6/c14-6-9(13(22)23)17-12(21)8(3-4-10(18)19)16-11(20)7-2-1-5-15-7/h7-9,15H,1-6,14H2,(H,16,20)(H,17,21)(H,18,19)(H,22,23)/t7-,8-,9-/m0/s1. The number of nitrogens with two attached hydrogens (primary N) is 1. The van der Waals surface area contributed by atoms with Crippen molar-refractivity contribution in [3.8, 4) is 0 Å². The fraction of sp³-hybridized carbons (Fsp3) is 0.692. The predicted molar refractivity (Wildman–Crippen MR) is 78.4 cm³/mol. The second-order valence-corrected chi connectivity index (χ2v) is 5.28. The third-order valence-electron chi connectivity index (χ3n) is 3.51. The highest BCUT2D eigenvalue weighted by Gasteiger charge is 2.29. The fourth-order valence-corrected chi connectivity index (χ4v) is 2.21. The second-order valence-electron chi connectivity index (χ2n) is 5.28. The van der Waals surface area contributed by atoms with Crippen LogP contribution in [0.25, 0.3) is 0 Å². The molecule has 130 valence electrons. The number of carboxylic acids is 2. The summed E-state index contributed by atoms with van der Waals surface area (Å²) in [5.41, 5.74) is 5.26. The average molecular weight is 330 g/mol. The lowest BCUT2D eigenvalue weighted by atomic mass is 10.1. The van der Waals surface area contributed by atoms with Crippen molar-refractivity contribution in [2.24, 2.45) is 5.73 Å². The van der Waals surface area contributed by atoms with E-state index in [9.17, 15) is 19.2 Å². The van der Waals surface area contributed by atoms with E-state index in [-0.39, 0.29) is 19.4 Å². The second kappa shape index (κ2) is 9.06. The van der Waals surface area contributed by atoms with Crippen molar-refractivity contribution in [3.05, 3.63) is 0 Å². The van der Waals surface area contributed by atoms with Crippen LogP contribution in [-0.4, -0.2) is 65.2 Å². The molecule has 3 atom stereocenters. The third kappa shape index (κ3) is 6.20. The van der Waals surface area contributed by atoms with Gasteiger partial charge in [0.05, 0.1) is 6.04 Å². The number of amides is 2. The Morgan fingerprint density at radius 3 is 2.35 bits per heavy atom. The summed E-state index contributed by atoms with van der Waals surface area (Å²) in [5, 5.41) is 25.3. The highest BCUT2D eigenvalue weighted by Crippen LogP contribution is 2.07. The largest absolute Gasteiger partial charge is 0.481 e. The topological polar surface area (TPSA) is 171 Å². The molecule has 0 unspecified atom stereocenters. The van der Waals surface area contributed by atoms with Crippen molar-refractivity contribution in [1.29, 1.82) is 0 Å². The summed E-state index contributed by atoms with van der Waals surface area (Å²) in [7, 11) is 0. The number of aliphatic carboxylic acids is 2. The maximum absolute atomic E-state index is 12.1. The Hall–Kier alpha value is -2.20. The monoisotopic (exact) mass is 330 g/mol. The molecule has 0 bridgehead atoms. The number of rotatable bonds is 9. The highest BCUT2D eigenvalue weighted by atomic mass is 16.4. The maximum atomic E-state index is 12.1. The Labute approximate surface area is 132 Å². The molecule has 2 amide bonds. The van der Waals surface area contributed by atoms with Crippen LogP contribution in [0.15, 0.2) is 0 Å². The minimum atomic E-state index is -1.30. The number of carboxylic acid groups (broad SMARTS) is 2. The van der Waals surface area contributed by atoms with Gasteiger partial charge in [-0.1, -0.05) is 0 Å². The van der Waals surface area contributed by atoms with Crippen LogP contribution in [-0.2, 0) is 19.2 Å². The number of hydrogen-bond acceptors (Lipinski definition) is 6. The molecule has 1 saturated heterocycles.